The molecule has 1 unspecified atom stereocenters. The Morgan fingerprint density at radius 3 is 2.50 bits per heavy atom. The number of nitrogens with one attached hydrogen (secondary N) is 1. The lowest BCUT2D eigenvalue weighted by atomic mass is 10.00. The topological polar surface area (TPSA) is 82.8 Å². The first-order chi connectivity index (χ1) is 18.2. The number of furan rings is 1. The van der Waals surface area contributed by atoms with Gasteiger partial charge in [-0.15, -0.1) is 0 Å². The molecule has 6 nitrogen and oxygen atoms in total. The van der Waals surface area contributed by atoms with E-state index in [2.05, 4.69) is 21.2 Å². The zero-order valence-corrected chi connectivity index (χ0v) is 22.4. The number of amides is 1. The molecule has 1 saturated carbocycles. The Balaban J connectivity index is 1.67. The second-order valence-electron chi connectivity index (χ2n) is 9.00. The van der Waals surface area contributed by atoms with Crippen LogP contribution in [0.1, 0.15) is 52.2 Å². The molecule has 0 aliphatic heterocycles. The second kappa shape index (κ2) is 10.5. The molecule has 1 fully saturated rings. The van der Waals surface area contributed by atoms with Crippen LogP contribution in [0.2, 0.25) is 0 Å². The molecular weight excluding hydrogens is 585 g/mol. The Morgan fingerprint density at radius 1 is 1.18 bits per heavy atom. The summed E-state index contributed by atoms with van der Waals surface area (Å²) in [6.45, 7) is -0.116. The minimum atomic E-state index is -2.72. The van der Waals surface area contributed by atoms with E-state index in [-0.39, 0.29) is 33.8 Å². The average molecular weight is 607 g/mol. The van der Waals surface area contributed by atoms with E-state index in [4.69, 9.17) is 4.42 Å². The molecule has 0 saturated heterocycles. The lowest BCUT2D eigenvalue weighted by molar-refractivity contribution is 0.0964. The molecule has 1 heterocycles. The normalized spacial score (nSPS) is 14.2. The maximum absolute atomic E-state index is 13.6. The predicted octanol–water partition coefficient (Wildman–Crippen LogP) is 7.32. The van der Waals surface area contributed by atoms with E-state index in [1.165, 1.54) is 47.8 Å². The Hall–Kier alpha value is -3.15. The van der Waals surface area contributed by atoms with Crippen LogP contribution in [0.15, 0.2) is 63.5 Å². The van der Waals surface area contributed by atoms with E-state index >= 15 is 0 Å². The third-order valence-electron chi connectivity index (χ3n) is 6.49. The largest absolute Gasteiger partial charge is 0.455 e. The number of carbonyl (C=O) groups is 1. The summed E-state index contributed by atoms with van der Waals surface area (Å²) < 4.78 is 70.8. The fourth-order valence-corrected chi connectivity index (χ4v) is 5.50. The van der Waals surface area contributed by atoms with Gasteiger partial charge in [-0.1, -0.05) is 22.0 Å². The predicted molar refractivity (Wildman–Crippen MR) is 143 cm³/mol. The molecule has 38 heavy (non-hydrogen) atoms. The molecule has 1 amide bonds. The zero-order valence-electron chi connectivity index (χ0n) is 20.0. The number of hydrogen-bond donors (Lipinski definition) is 2. The van der Waals surface area contributed by atoms with Crippen molar-refractivity contribution in [3.8, 4) is 11.3 Å². The van der Waals surface area contributed by atoms with Crippen molar-refractivity contribution < 1.29 is 31.1 Å². The van der Waals surface area contributed by atoms with Gasteiger partial charge in [-0.3, -0.25) is 13.7 Å². The van der Waals surface area contributed by atoms with Gasteiger partial charge < -0.3 is 9.73 Å². The minimum Gasteiger partial charge on any atom is -0.455 e. The van der Waals surface area contributed by atoms with Gasteiger partial charge in [0.05, 0.1) is 17.8 Å². The molecule has 0 bridgehead atoms. The molecule has 11 heteroatoms. The Kier molecular flexibility index (Phi) is 7.34. The minimum absolute atomic E-state index is 0.101. The molecule has 1 atom stereocenters. The molecule has 5 rings (SSSR count). The van der Waals surface area contributed by atoms with Crippen LogP contribution >= 0.6 is 15.9 Å². The Bertz CT molecular complexity index is 1550. The van der Waals surface area contributed by atoms with Crippen LogP contribution in [-0.2, 0) is 17.8 Å². The molecule has 198 valence electrons. The number of carbonyl (C=O) groups excluding carboxylic acids is 1. The number of halogens is 4. The lowest BCUT2D eigenvalue weighted by Gasteiger charge is -2.23. The summed E-state index contributed by atoms with van der Waals surface area (Å²) in [7, 11) is 1.49. The van der Waals surface area contributed by atoms with E-state index in [0.717, 1.165) is 18.4 Å². The van der Waals surface area contributed by atoms with Gasteiger partial charge in [0.25, 0.3) is 23.6 Å². The van der Waals surface area contributed by atoms with Gasteiger partial charge in [-0.2, -0.15) is 0 Å². The van der Waals surface area contributed by atoms with Crippen LogP contribution in [0, 0.1) is 5.82 Å². The quantitative estimate of drug-likeness (QED) is 0.206. The highest BCUT2D eigenvalue weighted by atomic mass is 79.9. The number of rotatable bonds is 8. The van der Waals surface area contributed by atoms with Crippen molar-refractivity contribution in [3.63, 3.8) is 0 Å². The second-order valence-corrected chi connectivity index (χ2v) is 10.8. The highest BCUT2D eigenvalue weighted by Gasteiger charge is 2.32. The Labute approximate surface area is 227 Å². The van der Waals surface area contributed by atoms with Crippen molar-refractivity contribution >= 4 is 49.8 Å². The first kappa shape index (κ1) is 26.5. The van der Waals surface area contributed by atoms with Gasteiger partial charge >= 0.3 is 0 Å². The molecule has 2 N–H and O–H groups in total. The molecule has 0 spiro atoms. The molecule has 0 radical (unpaired) electrons. The maximum Gasteiger partial charge on any atom is 0.264 e. The third-order valence-corrected chi connectivity index (χ3v) is 7.92. The van der Waals surface area contributed by atoms with Gasteiger partial charge in [0.2, 0.25) is 0 Å². The Morgan fingerprint density at radius 2 is 1.89 bits per heavy atom. The van der Waals surface area contributed by atoms with E-state index in [9.17, 15) is 26.7 Å². The van der Waals surface area contributed by atoms with E-state index in [1.807, 2.05) is 0 Å². The number of fused-ring (bicyclic) bond motifs is 1. The zero-order chi connectivity index (χ0) is 27.1. The van der Waals surface area contributed by atoms with Crippen LogP contribution in [0.5, 0.6) is 0 Å². The van der Waals surface area contributed by atoms with E-state index < -0.39 is 29.4 Å². The number of nitrogens with zero attached hydrogens (tertiary/aromatic N) is 1. The van der Waals surface area contributed by atoms with Crippen molar-refractivity contribution in [2.75, 3.05) is 11.4 Å². The monoisotopic (exact) mass is 606 g/mol. The summed E-state index contributed by atoms with van der Waals surface area (Å²) in [5.41, 5.74) is 2.43. The van der Waals surface area contributed by atoms with Gasteiger partial charge in [-0.25, -0.2) is 17.4 Å². The van der Waals surface area contributed by atoms with Crippen LogP contribution in [0.4, 0.5) is 18.9 Å². The summed E-state index contributed by atoms with van der Waals surface area (Å²) in [5.74, 6) is -0.490. The van der Waals surface area contributed by atoms with E-state index in [0.29, 0.717) is 27.8 Å². The molecule has 1 aliphatic rings. The van der Waals surface area contributed by atoms with Crippen LogP contribution < -0.4 is 9.62 Å². The first-order valence-electron chi connectivity index (χ1n) is 11.7. The highest BCUT2D eigenvalue weighted by Crippen LogP contribution is 2.48. The molecule has 3 aromatic carbocycles. The van der Waals surface area contributed by atoms with Gasteiger partial charge in [0.15, 0.2) is 0 Å². The SMILES string of the molecule is CNC(=O)c1c(-c2ccc(F)cc2)oc2cc(N(Cc3ccc(Br)c(C(F)F)c3)S(=O)O)c(C3CC3)cc12. The standard InChI is InChI=1S/C27H22BrF3N2O4S/c1-32-27(34)24-20-11-18(15-3-4-15)22(12-23(20)37-25(24)16-5-7-17(29)8-6-16)33(38(35)36)13-14-2-9-21(28)19(10-14)26(30)31/h2,5-12,15,26H,3-4,13H2,1H3,(H,32,34)(H,35,36). The number of benzene rings is 3. The fourth-order valence-electron chi connectivity index (χ4n) is 4.49. The van der Waals surface area contributed by atoms with Crippen LogP contribution in [0.3, 0.4) is 0 Å². The van der Waals surface area contributed by atoms with Crippen molar-refractivity contribution in [2.45, 2.75) is 31.7 Å². The fraction of sp³-hybridized carbons (Fsp3) is 0.222. The molecular formula is C27H22BrF3N2O4S. The summed E-state index contributed by atoms with van der Waals surface area (Å²) in [6.07, 6.45) is -1.00. The molecule has 1 aromatic heterocycles. The van der Waals surface area contributed by atoms with Gasteiger partial charge in [-0.05, 0) is 72.4 Å². The van der Waals surface area contributed by atoms with Crippen molar-refractivity contribution in [2.24, 2.45) is 0 Å². The highest BCUT2D eigenvalue weighted by molar-refractivity contribution is 9.10. The number of alkyl halides is 2. The van der Waals surface area contributed by atoms with Crippen molar-refractivity contribution in [1.29, 1.82) is 0 Å². The third kappa shape index (κ3) is 5.10. The average Bonchev–Trinajstić information content (AvgIpc) is 3.67. The van der Waals surface area contributed by atoms with Crippen LogP contribution in [0.25, 0.3) is 22.3 Å². The smallest absolute Gasteiger partial charge is 0.264 e. The van der Waals surface area contributed by atoms with Crippen LogP contribution in [-0.4, -0.2) is 21.7 Å². The summed E-state index contributed by atoms with van der Waals surface area (Å²) in [5, 5.41) is 3.13. The molecule has 4 aromatic rings. The van der Waals surface area contributed by atoms with Crippen molar-refractivity contribution in [3.05, 3.63) is 87.1 Å². The van der Waals surface area contributed by atoms with Crippen molar-refractivity contribution in [1.82, 2.24) is 5.32 Å². The first-order valence-corrected chi connectivity index (χ1v) is 13.6. The summed E-state index contributed by atoms with van der Waals surface area (Å²) in [6, 6.07) is 13.3. The van der Waals surface area contributed by atoms with E-state index in [1.54, 1.807) is 18.2 Å². The lowest BCUT2D eigenvalue weighted by Crippen LogP contribution is -2.26. The maximum atomic E-state index is 13.6. The van der Waals surface area contributed by atoms with Gasteiger partial charge in [0, 0.05) is 34.1 Å². The summed E-state index contributed by atoms with van der Waals surface area (Å²) >= 11 is 0.623. The number of hydrogen-bond acceptors (Lipinski definition) is 3. The van der Waals surface area contributed by atoms with Gasteiger partial charge in [0.1, 0.15) is 17.2 Å². The molecule has 1 aliphatic carbocycles. The summed E-state index contributed by atoms with van der Waals surface area (Å²) in [4.78, 5) is 12.9. The number of anilines is 1.